The SMILES string of the molecule is COc1cccc2oc(C(=O)c3ccccc3)c(C)c12. The van der Waals surface area contributed by atoms with Crippen LogP contribution in [-0.2, 0) is 0 Å². The molecule has 3 aromatic rings. The summed E-state index contributed by atoms with van der Waals surface area (Å²) in [5.41, 5.74) is 2.10. The standard InChI is InChI=1S/C17H14O3/c1-11-15-13(19-2)9-6-10-14(15)20-17(11)16(18)12-7-4-3-5-8-12/h3-10H,1-2H3. The Bertz CT molecular complexity index is 770. The van der Waals surface area contributed by atoms with E-state index in [1.54, 1.807) is 19.2 Å². The van der Waals surface area contributed by atoms with E-state index in [0.717, 1.165) is 16.7 Å². The first-order chi connectivity index (χ1) is 9.72. The molecule has 0 aliphatic heterocycles. The Morgan fingerprint density at radius 3 is 2.50 bits per heavy atom. The van der Waals surface area contributed by atoms with Crippen molar-refractivity contribution in [1.82, 2.24) is 0 Å². The van der Waals surface area contributed by atoms with Gasteiger partial charge in [-0.1, -0.05) is 36.4 Å². The Balaban J connectivity index is 2.18. The number of carbonyl (C=O) groups excluding carboxylic acids is 1. The third-order valence-electron chi connectivity index (χ3n) is 3.38. The summed E-state index contributed by atoms with van der Waals surface area (Å²) in [7, 11) is 1.61. The number of fused-ring (bicyclic) bond motifs is 1. The van der Waals surface area contributed by atoms with Gasteiger partial charge in [-0.15, -0.1) is 0 Å². The summed E-state index contributed by atoms with van der Waals surface area (Å²) in [6.07, 6.45) is 0. The van der Waals surface area contributed by atoms with Crippen molar-refractivity contribution in [3.63, 3.8) is 0 Å². The lowest BCUT2D eigenvalue weighted by atomic mass is 10.0. The fourth-order valence-corrected chi connectivity index (χ4v) is 2.37. The van der Waals surface area contributed by atoms with E-state index < -0.39 is 0 Å². The van der Waals surface area contributed by atoms with Gasteiger partial charge >= 0.3 is 0 Å². The maximum absolute atomic E-state index is 12.5. The zero-order valence-corrected chi connectivity index (χ0v) is 11.3. The van der Waals surface area contributed by atoms with Crippen LogP contribution in [0.4, 0.5) is 0 Å². The highest BCUT2D eigenvalue weighted by molar-refractivity contribution is 6.11. The van der Waals surface area contributed by atoms with Gasteiger partial charge in [-0.3, -0.25) is 4.79 Å². The fraction of sp³-hybridized carbons (Fsp3) is 0.118. The van der Waals surface area contributed by atoms with Gasteiger partial charge in [0.05, 0.1) is 12.5 Å². The normalized spacial score (nSPS) is 10.7. The van der Waals surface area contributed by atoms with Crippen molar-refractivity contribution in [1.29, 1.82) is 0 Å². The molecule has 0 N–H and O–H groups in total. The van der Waals surface area contributed by atoms with E-state index >= 15 is 0 Å². The molecule has 0 saturated carbocycles. The highest BCUT2D eigenvalue weighted by Crippen LogP contribution is 2.33. The lowest BCUT2D eigenvalue weighted by Crippen LogP contribution is -2.00. The largest absolute Gasteiger partial charge is 0.496 e. The first kappa shape index (κ1) is 12.5. The summed E-state index contributed by atoms with van der Waals surface area (Å²) in [4.78, 5) is 12.5. The Kier molecular flexibility index (Phi) is 3.03. The topological polar surface area (TPSA) is 39.4 Å². The zero-order valence-electron chi connectivity index (χ0n) is 11.3. The van der Waals surface area contributed by atoms with Gasteiger partial charge in [-0.25, -0.2) is 0 Å². The van der Waals surface area contributed by atoms with Crippen molar-refractivity contribution in [3.8, 4) is 5.75 Å². The summed E-state index contributed by atoms with van der Waals surface area (Å²) >= 11 is 0. The molecule has 0 fully saturated rings. The van der Waals surface area contributed by atoms with Crippen LogP contribution in [-0.4, -0.2) is 12.9 Å². The Morgan fingerprint density at radius 1 is 1.05 bits per heavy atom. The van der Waals surface area contributed by atoms with E-state index in [0.29, 0.717) is 16.9 Å². The predicted octanol–water partition coefficient (Wildman–Crippen LogP) is 3.98. The third-order valence-corrected chi connectivity index (χ3v) is 3.38. The highest BCUT2D eigenvalue weighted by atomic mass is 16.5. The highest BCUT2D eigenvalue weighted by Gasteiger charge is 2.20. The molecule has 0 atom stereocenters. The lowest BCUT2D eigenvalue weighted by Gasteiger charge is -2.01. The molecular formula is C17H14O3. The van der Waals surface area contributed by atoms with Gasteiger partial charge in [-0.05, 0) is 19.1 Å². The molecule has 3 nitrogen and oxygen atoms in total. The maximum atomic E-state index is 12.5. The van der Waals surface area contributed by atoms with Crippen LogP contribution in [0.25, 0.3) is 11.0 Å². The van der Waals surface area contributed by atoms with Crippen molar-refractivity contribution in [2.24, 2.45) is 0 Å². The van der Waals surface area contributed by atoms with Crippen LogP contribution < -0.4 is 4.74 Å². The second-order valence-corrected chi connectivity index (χ2v) is 4.58. The van der Waals surface area contributed by atoms with Crippen molar-refractivity contribution in [2.45, 2.75) is 6.92 Å². The molecule has 3 heteroatoms. The number of rotatable bonds is 3. The summed E-state index contributed by atoms with van der Waals surface area (Å²) in [6.45, 7) is 1.88. The van der Waals surface area contributed by atoms with Crippen LogP contribution in [0.1, 0.15) is 21.7 Å². The molecule has 20 heavy (non-hydrogen) atoms. The van der Waals surface area contributed by atoms with Gasteiger partial charge in [-0.2, -0.15) is 0 Å². The number of ketones is 1. The number of hydrogen-bond donors (Lipinski definition) is 0. The second-order valence-electron chi connectivity index (χ2n) is 4.58. The summed E-state index contributed by atoms with van der Waals surface area (Å²) < 4.78 is 11.1. The molecule has 0 unspecified atom stereocenters. The van der Waals surface area contributed by atoms with Crippen molar-refractivity contribution >= 4 is 16.8 Å². The van der Waals surface area contributed by atoms with Gasteiger partial charge < -0.3 is 9.15 Å². The first-order valence-corrected chi connectivity index (χ1v) is 6.38. The molecule has 0 saturated heterocycles. The van der Waals surface area contributed by atoms with Crippen molar-refractivity contribution < 1.29 is 13.9 Å². The minimum Gasteiger partial charge on any atom is -0.496 e. The molecule has 3 rings (SSSR count). The van der Waals surface area contributed by atoms with E-state index in [1.807, 2.05) is 43.3 Å². The zero-order chi connectivity index (χ0) is 14.1. The molecule has 1 heterocycles. The number of methoxy groups -OCH3 is 1. The smallest absolute Gasteiger partial charge is 0.228 e. The average molecular weight is 266 g/mol. The molecular weight excluding hydrogens is 252 g/mol. The van der Waals surface area contributed by atoms with Gasteiger partial charge in [0.15, 0.2) is 5.76 Å². The van der Waals surface area contributed by atoms with Crippen molar-refractivity contribution in [2.75, 3.05) is 7.11 Å². The second kappa shape index (κ2) is 4.85. The minimum atomic E-state index is -0.110. The first-order valence-electron chi connectivity index (χ1n) is 6.38. The minimum absolute atomic E-state index is 0.110. The van der Waals surface area contributed by atoms with Crippen LogP contribution >= 0.6 is 0 Å². The van der Waals surface area contributed by atoms with Gasteiger partial charge in [0.1, 0.15) is 11.3 Å². The van der Waals surface area contributed by atoms with E-state index in [1.165, 1.54) is 0 Å². The molecule has 0 radical (unpaired) electrons. The number of aryl methyl sites for hydroxylation is 1. The number of carbonyl (C=O) groups is 1. The Hall–Kier alpha value is -2.55. The van der Waals surface area contributed by atoms with Gasteiger partial charge in [0.2, 0.25) is 5.78 Å². The molecule has 100 valence electrons. The van der Waals surface area contributed by atoms with Crippen LogP contribution in [0, 0.1) is 6.92 Å². The number of ether oxygens (including phenoxy) is 1. The molecule has 0 aliphatic rings. The van der Waals surface area contributed by atoms with Gasteiger partial charge in [0, 0.05) is 11.1 Å². The quantitative estimate of drug-likeness (QED) is 0.673. The number of benzene rings is 2. The summed E-state index contributed by atoms with van der Waals surface area (Å²) in [6, 6.07) is 14.7. The molecule has 0 aliphatic carbocycles. The monoisotopic (exact) mass is 266 g/mol. The van der Waals surface area contributed by atoms with E-state index in [-0.39, 0.29) is 5.78 Å². The number of hydrogen-bond acceptors (Lipinski definition) is 3. The van der Waals surface area contributed by atoms with E-state index in [2.05, 4.69) is 0 Å². The summed E-state index contributed by atoms with van der Waals surface area (Å²) in [5.74, 6) is 0.980. The molecule has 2 aromatic carbocycles. The van der Waals surface area contributed by atoms with Crippen LogP contribution in [0.5, 0.6) is 5.75 Å². The Morgan fingerprint density at radius 2 is 1.80 bits per heavy atom. The maximum Gasteiger partial charge on any atom is 0.228 e. The lowest BCUT2D eigenvalue weighted by molar-refractivity contribution is 0.101. The fourth-order valence-electron chi connectivity index (χ4n) is 2.37. The van der Waals surface area contributed by atoms with Crippen molar-refractivity contribution in [3.05, 3.63) is 65.4 Å². The molecule has 1 aromatic heterocycles. The third kappa shape index (κ3) is 1.88. The molecule has 0 amide bonds. The predicted molar refractivity (Wildman–Crippen MR) is 77.4 cm³/mol. The van der Waals surface area contributed by atoms with Crippen LogP contribution in [0.2, 0.25) is 0 Å². The van der Waals surface area contributed by atoms with Crippen LogP contribution in [0.3, 0.4) is 0 Å². The number of furan rings is 1. The average Bonchev–Trinajstić information content (AvgIpc) is 2.85. The Labute approximate surface area is 116 Å². The van der Waals surface area contributed by atoms with Gasteiger partial charge in [0.25, 0.3) is 0 Å². The van der Waals surface area contributed by atoms with E-state index in [4.69, 9.17) is 9.15 Å². The molecule has 0 bridgehead atoms. The summed E-state index contributed by atoms with van der Waals surface area (Å²) in [5, 5.41) is 0.856. The van der Waals surface area contributed by atoms with Crippen LogP contribution in [0.15, 0.2) is 52.9 Å². The van der Waals surface area contributed by atoms with E-state index in [9.17, 15) is 4.79 Å². The molecule has 0 spiro atoms.